The number of hydrogen-bond donors (Lipinski definition) is 0. The van der Waals surface area contributed by atoms with Gasteiger partial charge in [0.25, 0.3) is 0 Å². The molecule has 1 aliphatic carbocycles. The van der Waals surface area contributed by atoms with E-state index in [1.807, 2.05) is 0 Å². The average molecular weight is 196 g/mol. The van der Waals surface area contributed by atoms with Crippen molar-refractivity contribution >= 4 is 5.97 Å². The number of carbonyl (C=O) groups excluding carboxylic acids is 1. The number of esters is 1. The molecule has 0 bridgehead atoms. The van der Waals surface area contributed by atoms with Crippen LogP contribution in [0.15, 0.2) is 0 Å². The maximum Gasteiger partial charge on any atom is 0.306 e. The Balaban J connectivity index is 2.18. The average Bonchev–Trinajstić information content (AvgIpc) is 2.43. The van der Waals surface area contributed by atoms with Gasteiger partial charge in [0.05, 0.1) is 0 Å². The van der Waals surface area contributed by atoms with Crippen LogP contribution in [0.4, 0.5) is 0 Å². The van der Waals surface area contributed by atoms with Crippen LogP contribution in [-0.4, -0.2) is 12.1 Å². The zero-order valence-corrected chi connectivity index (χ0v) is 9.38. The molecule has 80 valence electrons. The zero-order valence-electron chi connectivity index (χ0n) is 9.38. The van der Waals surface area contributed by atoms with Crippen molar-refractivity contribution in [2.75, 3.05) is 0 Å². The molecule has 1 heterocycles. The van der Waals surface area contributed by atoms with Gasteiger partial charge in [-0.2, -0.15) is 0 Å². The minimum Gasteiger partial charge on any atom is -0.461 e. The van der Waals surface area contributed by atoms with Crippen LogP contribution in [-0.2, 0) is 9.53 Å². The van der Waals surface area contributed by atoms with Gasteiger partial charge in [0.15, 0.2) is 0 Å². The summed E-state index contributed by atoms with van der Waals surface area (Å²) in [6.07, 6.45) is 4.31. The molecule has 14 heavy (non-hydrogen) atoms. The summed E-state index contributed by atoms with van der Waals surface area (Å²) in [5.74, 6) is 1.23. The van der Waals surface area contributed by atoms with Crippen molar-refractivity contribution in [3.8, 4) is 0 Å². The fraction of sp³-hybridized carbons (Fsp3) is 0.917. The number of hydrogen-bond acceptors (Lipinski definition) is 2. The molecule has 0 radical (unpaired) electrons. The minimum atomic E-state index is 0.0139. The van der Waals surface area contributed by atoms with Gasteiger partial charge in [-0.05, 0) is 31.1 Å². The minimum absolute atomic E-state index is 0.0139. The Morgan fingerprint density at radius 3 is 2.79 bits per heavy atom. The van der Waals surface area contributed by atoms with Crippen LogP contribution in [0.3, 0.4) is 0 Å². The third-order valence-electron chi connectivity index (χ3n) is 4.14. The second kappa shape index (κ2) is 3.25. The fourth-order valence-corrected chi connectivity index (χ4v) is 3.07. The maximum absolute atomic E-state index is 11.3. The highest BCUT2D eigenvalue weighted by molar-refractivity contribution is 5.70. The van der Waals surface area contributed by atoms with Crippen molar-refractivity contribution in [3.63, 3.8) is 0 Å². The van der Waals surface area contributed by atoms with Crippen LogP contribution >= 0.6 is 0 Å². The smallest absolute Gasteiger partial charge is 0.306 e. The molecule has 1 saturated heterocycles. The van der Waals surface area contributed by atoms with Gasteiger partial charge in [-0.3, -0.25) is 4.79 Å². The van der Waals surface area contributed by atoms with Crippen LogP contribution in [0.2, 0.25) is 0 Å². The van der Waals surface area contributed by atoms with Crippen molar-refractivity contribution in [1.82, 2.24) is 0 Å². The fourth-order valence-electron chi connectivity index (χ4n) is 3.07. The maximum atomic E-state index is 11.3. The lowest BCUT2D eigenvalue weighted by Gasteiger charge is -2.38. The molecule has 2 rings (SSSR count). The third kappa shape index (κ3) is 1.45. The molecule has 0 spiro atoms. The van der Waals surface area contributed by atoms with Crippen molar-refractivity contribution in [3.05, 3.63) is 0 Å². The summed E-state index contributed by atoms with van der Waals surface area (Å²) < 4.78 is 5.55. The molecule has 3 atom stereocenters. The molecule has 2 fully saturated rings. The van der Waals surface area contributed by atoms with Crippen molar-refractivity contribution in [1.29, 1.82) is 0 Å². The Morgan fingerprint density at radius 2 is 2.14 bits per heavy atom. The van der Waals surface area contributed by atoms with Gasteiger partial charge in [-0.1, -0.05) is 20.8 Å². The summed E-state index contributed by atoms with van der Waals surface area (Å²) in [5, 5.41) is 0. The van der Waals surface area contributed by atoms with Crippen LogP contribution in [0.25, 0.3) is 0 Å². The monoisotopic (exact) mass is 196 g/mol. The summed E-state index contributed by atoms with van der Waals surface area (Å²) in [4.78, 5) is 11.3. The summed E-state index contributed by atoms with van der Waals surface area (Å²) in [6, 6.07) is 0. The molecule has 0 unspecified atom stereocenters. The molecule has 2 nitrogen and oxygen atoms in total. The predicted molar refractivity (Wildman–Crippen MR) is 54.8 cm³/mol. The van der Waals surface area contributed by atoms with Gasteiger partial charge in [0.2, 0.25) is 0 Å². The highest BCUT2D eigenvalue weighted by Crippen LogP contribution is 2.51. The van der Waals surface area contributed by atoms with E-state index in [0.29, 0.717) is 18.3 Å². The first kappa shape index (κ1) is 10.0. The Labute approximate surface area is 86.0 Å². The molecule has 2 heteroatoms. The molecule has 0 N–H and O–H groups in total. The lowest BCUT2D eigenvalue weighted by Crippen LogP contribution is -2.41. The molecular formula is C12H20O2. The lowest BCUT2D eigenvalue weighted by molar-refractivity contribution is -0.167. The van der Waals surface area contributed by atoms with Gasteiger partial charge in [-0.25, -0.2) is 0 Å². The van der Waals surface area contributed by atoms with Gasteiger partial charge in [0.1, 0.15) is 6.10 Å². The van der Waals surface area contributed by atoms with Crippen LogP contribution in [0.1, 0.15) is 46.5 Å². The molecule has 0 amide bonds. The lowest BCUT2D eigenvalue weighted by atomic mass is 9.77. The van der Waals surface area contributed by atoms with Crippen molar-refractivity contribution in [2.24, 2.45) is 17.3 Å². The molecular weight excluding hydrogens is 176 g/mol. The number of rotatable bonds is 1. The Bertz CT molecular complexity index is 247. The predicted octanol–water partition coefficient (Wildman–Crippen LogP) is 2.76. The van der Waals surface area contributed by atoms with Crippen LogP contribution in [0.5, 0.6) is 0 Å². The first-order chi connectivity index (χ1) is 6.53. The van der Waals surface area contributed by atoms with E-state index in [-0.39, 0.29) is 17.5 Å². The topological polar surface area (TPSA) is 26.3 Å². The second-order valence-corrected chi connectivity index (χ2v) is 5.51. The van der Waals surface area contributed by atoms with Gasteiger partial charge in [0, 0.05) is 11.8 Å². The molecule has 0 aromatic heterocycles. The second-order valence-electron chi connectivity index (χ2n) is 5.51. The quantitative estimate of drug-likeness (QED) is 0.603. The van der Waals surface area contributed by atoms with E-state index in [2.05, 4.69) is 20.8 Å². The van der Waals surface area contributed by atoms with E-state index in [0.717, 1.165) is 6.42 Å². The van der Waals surface area contributed by atoms with E-state index >= 15 is 0 Å². The summed E-state index contributed by atoms with van der Waals surface area (Å²) in [5.41, 5.74) is 0.281. The number of ether oxygens (including phenoxy) is 1. The van der Waals surface area contributed by atoms with Crippen LogP contribution in [0, 0.1) is 17.3 Å². The molecule has 0 aromatic rings. The Hall–Kier alpha value is -0.530. The summed E-state index contributed by atoms with van der Waals surface area (Å²) in [7, 11) is 0. The first-order valence-corrected chi connectivity index (χ1v) is 5.72. The largest absolute Gasteiger partial charge is 0.461 e. The Morgan fingerprint density at radius 1 is 1.43 bits per heavy atom. The van der Waals surface area contributed by atoms with E-state index in [9.17, 15) is 4.79 Å². The normalized spacial score (nSPS) is 42.4. The van der Waals surface area contributed by atoms with Gasteiger partial charge >= 0.3 is 5.97 Å². The highest BCUT2D eigenvalue weighted by Gasteiger charge is 2.50. The number of fused-ring (bicyclic) bond motifs is 1. The standard InChI is InChI=1S/C12H20O2/c1-8(2)9-4-6-12(3)7-5-10(13)14-11(9)12/h8-9,11H,4-7H2,1-3H3/t9-,11-,12-/m0/s1. The van der Waals surface area contributed by atoms with E-state index in [1.165, 1.54) is 12.8 Å². The highest BCUT2D eigenvalue weighted by atomic mass is 16.5. The van der Waals surface area contributed by atoms with Crippen LogP contribution < -0.4 is 0 Å². The Kier molecular flexibility index (Phi) is 2.32. The first-order valence-electron chi connectivity index (χ1n) is 5.72. The van der Waals surface area contributed by atoms with E-state index < -0.39 is 0 Å². The SMILES string of the molecule is CC(C)[C@@H]1CC[C@@]2(C)CCC(=O)O[C@@H]12. The molecule has 0 aromatic carbocycles. The van der Waals surface area contributed by atoms with E-state index in [1.54, 1.807) is 0 Å². The summed E-state index contributed by atoms with van der Waals surface area (Å²) in [6.45, 7) is 6.75. The van der Waals surface area contributed by atoms with Gasteiger partial charge in [-0.15, -0.1) is 0 Å². The number of carbonyl (C=O) groups is 1. The van der Waals surface area contributed by atoms with E-state index in [4.69, 9.17) is 4.74 Å². The van der Waals surface area contributed by atoms with Crippen molar-refractivity contribution in [2.45, 2.75) is 52.6 Å². The zero-order chi connectivity index (χ0) is 10.3. The van der Waals surface area contributed by atoms with Crippen molar-refractivity contribution < 1.29 is 9.53 Å². The molecule has 2 aliphatic rings. The molecule has 1 saturated carbocycles. The van der Waals surface area contributed by atoms with Gasteiger partial charge < -0.3 is 4.74 Å². The third-order valence-corrected chi connectivity index (χ3v) is 4.14. The molecule has 1 aliphatic heterocycles. The summed E-state index contributed by atoms with van der Waals surface area (Å²) >= 11 is 0.